The smallest absolute Gasteiger partial charge is 0.253 e. The number of amides is 1. The van der Waals surface area contributed by atoms with Crippen LogP contribution in [0, 0.1) is 0 Å². The van der Waals surface area contributed by atoms with Gasteiger partial charge in [0.15, 0.2) is 0 Å². The summed E-state index contributed by atoms with van der Waals surface area (Å²) in [7, 11) is -3.58. The van der Waals surface area contributed by atoms with Crippen LogP contribution in [0.4, 0.5) is 0 Å². The highest BCUT2D eigenvalue weighted by Gasteiger charge is 2.28. The standard InChI is InChI=1S/C17H22N2O3S2/c1-13(2)19(12-15-7-5-4-6-8-15)24(21,22)17-10-9-16(23-17)11-18-14(3)20/h4-10,13H,11-12H2,1-3H3,(H,18,20). The number of nitrogens with one attached hydrogen (secondary N) is 1. The third kappa shape index (κ3) is 4.66. The van der Waals surface area contributed by atoms with Gasteiger partial charge in [-0.3, -0.25) is 4.79 Å². The maximum absolute atomic E-state index is 13.0. The molecule has 0 aliphatic rings. The Balaban J connectivity index is 2.23. The molecule has 0 saturated carbocycles. The summed E-state index contributed by atoms with van der Waals surface area (Å²) in [5.74, 6) is -0.138. The zero-order valence-electron chi connectivity index (χ0n) is 14.0. The monoisotopic (exact) mass is 366 g/mol. The average molecular weight is 367 g/mol. The van der Waals surface area contributed by atoms with Gasteiger partial charge in [-0.25, -0.2) is 8.42 Å². The topological polar surface area (TPSA) is 66.5 Å². The fourth-order valence-corrected chi connectivity index (χ4v) is 5.28. The van der Waals surface area contributed by atoms with Gasteiger partial charge in [-0.2, -0.15) is 4.31 Å². The molecule has 0 aliphatic carbocycles. The van der Waals surface area contributed by atoms with Gasteiger partial charge in [-0.15, -0.1) is 11.3 Å². The first-order valence-corrected chi connectivity index (χ1v) is 9.95. The molecule has 0 unspecified atom stereocenters. The zero-order valence-corrected chi connectivity index (χ0v) is 15.7. The minimum atomic E-state index is -3.58. The van der Waals surface area contributed by atoms with E-state index in [0.29, 0.717) is 17.3 Å². The Hall–Kier alpha value is -1.70. The summed E-state index contributed by atoms with van der Waals surface area (Å²) in [6, 6.07) is 12.7. The van der Waals surface area contributed by atoms with Crippen LogP contribution in [0.15, 0.2) is 46.7 Å². The molecule has 130 valence electrons. The number of hydrogen-bond donors (Lipinski definition) is 1. The highest BCUT2D eigenvalue weighted by atomic mass is 32.2. The number of nitrogens with zero attached hydrogens (tertiary/aromatic N) is 1. The third-order valence-corrected chi connectivity index (χ3v) is 7.04. The van der Waals surface area contributed by atoms with E-state index < -0.39 is 10.0 Å². The van der Waals surface area contributed by atoms with Gasteiger partial charge in [0.1, 0.15) is 4.21 Å². The van der Waals surface area contributed by atoms with Crippen LogP contribution in [0.1, 0.15) is 31.2 Å². The van der Waals surface area contributed by atoms with E-state index in [0.717, 1.165) is 10.4 Å². The summed E-state index contributed by atoms with van der Waals surface area (Å²) in [6.45, 7) is 5.85. The Morgan fingerprint density at radius 2 is 1.83 bits per heavy atom. The molecule has 1 aromatic heterocycles. The molecule has 5 nitrogen and oxygen atoms in total. The van der Waals surface area contributed by atoms with Gasteiger partial charge < -0.3 is 5.32 Å². The van der Waals surface area contributed by atoms with Crippen molar-refractivity contribution in [1.82, 2.24) is 9.62 Å². The summed E-state index contributed by atoms with van der Waals surface area (Å²) in [5, 5.41) is 2.68. The maximum Gasteiger partial charge on any atom is 0.253 e. The molecule has 0 saturated heterocycles. The molecule has 0 radical (unpaired) electrons. The van der Waals surface area contributed by atoms with E-state index in [1.807, 2.05) is 44.2 Å². The fraction of sp³-hybridized carbons (Fsp3) is 0.353. The van der Waals surface area contributed by atoms with E-state index in [1.165, 1.54) is 22.6 Å². The molecule has 1 aromatic carbocycles. The van der Waals surface area contributed by atoms with Crippen LogP contribution in [0.3, 0.4) is 0 Å². The second-order valence-corrected chi connectivity index (χ2v) is 9.05. The molecule has 0 aliphatic heterocycles. The molecule has 2 aromatic rings. The number of rotatable bonds is 7. The molecule has 1 amide bonds. The van der Waals surface area contributed by atoms with E-state index in [1.54, 1.807) is 12.1 Å². The Morgan fingerprint density at radius 1 is 1.17 bits per heavy atom. The molecule has 7 heteroatoms. The van der Waals surface area contributed by atoms with Crippen molar-refractivity contribution in [2.45, 2.75) is 44.1 Å². The van der Waals surface area contributed by atoms with Crippen molar-refractivity contribution in [3.63, 3.8) is 0 Å². The molecule has 1 N–H and O–H groups in total. The number of carbonyl (C=O) groups excluding carboxylic acids is 1. The number of benzene rings is 1. The number of sulfonamides is 1. The predicted molar refractivity (Wildman–Crippen MR) is 96.1 cm³/mol. The van der Waals surface area contributed by atoms with Crippen LogP contribution in [0.5, 0.6) is 0 Å². The van der Waals surface area contributed by atoms with Gasteiger partial charge in [-0.05, 0) is 31.5 Å². The molecule has 0 atom stereocenters. The maximum atomic E-state index is 13.0. The van der Waals surface area contributed by atoms with Crippen LogP contribution in [-0.4, -0.2) is 24.7 Å². The summed E-state index contributed by atoms with van der Waals surface area (Å²) in [6.07, 6.45) is 0. The predicted octanol–water partition coefficient (Wildman–Crippen LogP) is 2.98. The Bertz CT molecular complexity index is 783. The number of carbonyl (C=O) groups is 1. The van der Waals surface area contributed by atoms with E-state index in [9.17, 15) is 13.2 Å². The molecule has 0 spiro atoms. The van der Waals surface area contributed by atoms with E-state index in [2.05, 4.69) is 5.32 Å². The van der Waals surface area contributed by atoms with Gasteiger partial charge in [-0.1, -0.05) is 30.3 Å². The summed E-state index contributed by atoms with van der Waals surface area (Å²) in [5.41, 5.74) is 0.949. The second-order valence-electron chi connectivity index (χ2n) is 5.76. The minimum Gasteiger partial charge on any atom is -0.351 e. The molecular weight excluding hydrogens is 344 g/mol. The van der Waals surface area contributed by atoms with Gasteiger partial charge in [0, 0.05) is 24.4 Å². The molecule has 0 bridgehead atoms. The molecule has 2 rings (SSSR count). The molecule has 1 heterocycles. The van der Waals surface area contributed by atoms with Crippen LogP contribution in [0.2, 0.25) is 0 Å². The Morgan fingerprint density at radius 3 is 2.42 bits per heavy atom. The highest BCUT2D eigenvalue weighted by Crippen LogP contribution is 2.27. The van der Waals surface area contributed by atoms with Crippen molar-refractivity contribution in [3.05, 3.63) is 52.9 Å². The van der Waals surface area contributed by atoms with Crippen LogP contribution in [0.25, 0.3) is 0 Å². The third-order valence-electron chi connectivity index (χ3n) is 3.47. The first-order chi connectivity index (χ1) is 11.3. The second kappa shape index (κ2) is 7.92. The van der Waals surface area contributed by atoms with Gasteiger partial charge in [0.25, 0.3) is 10.0 Å². The highest BCUT2D eigenvalue weighted by molar-refractivity contribution is 7.91. The molecule has 0 fully saturated rings. The van der Waals surface area contributed by atoms with Crippen LogP contribution in [-0.2, 0) is 27.9 Å². The van der Waals surface area contributed by atoms with Gasteiger partial charge in [0.2, 0.25) is 5.91 Å². The van der Waals surface area contributed by atoms with Gasteiger partial charge in [0.05, 0.1) is 6.54 Å². The average Bonchev–Trinajstić information content (AvgIpc) is 3.01. The van der Waals surface area contributed by atoms with Crippen molar-refractivity contribution in [3.8, 4) is 0 Å². The lowest BCUT2D eigenvalue weighted by molar-refractivity contribution is -0.119. The quantitative estimate of drug-likeness (QED) is 0.819. The molecule has 24 heavy (non-hydrogen) atoms. The minimum absolute atomic E-state index is 0.138. The SMILES string of the molecule is CC(=O)NCc1ccc(S(=O)(=O)N(Cc2ccccc2)C(C)C)s1. The van der Waals surface area contributed by atoms with Crippen LogP contribution < -0.4 is 5.32 Å². The lowest BCUT2D eigenvalue weighted by Crippen LogP contribution is -2.36. The first-order valence-electron chi connectivity index (χ1n) is 7.69. The molecular formula is C17H22N2O3S2. The van der Waals surface area contributed by atoms with E-state index in [4.69, 9.17) is 0 Å². The number of hydrogen-bond acceptors (Lipinski definition) is 4. The zero-order chi connectivity index (χ0) is 17.7. The Kier molecular flexibility index (Phi) is 6.15. The van der Waals surface area contributed by atoms with Crippen molar-refractivity contribution in [1.29, 1.82) is 0 Å². The number of thiophene rings is 1. The van der Waals surface area contributed by atoms with Crippen molar-refractivity contribution in [2.75, 3.05) is 0 Å². The summed E-state index contributed by atoms with van der Waals surface area (Å²) < 4.78 is 27.8. The van der Waals surface area contributed by atoms with Gasteiger partial charge >= 0.3 is 0 Å². The first kappa shape index (κ1) is 18.6. The van der Waals surface area contributed by atoms with Crippen molar-refractivity contribution >= 4 is 27.3 Å². The summed E-state index contributed by atoms with van der Waals surface area (Å²) in [4.78, 5) is 11.8. The lowest BCUT2D eigenvalue weighted by Gasteiger charge is -2.25. The van der Waals surface area contributed by atoms with Crippen molar-refractivity contribution < 1.29 is 13.2 Å². The van der Waals surface area contributed by atoms with Crippen molar-refractivity contribution in [2.24, 2.45) is 0 Å². The summed E-state index contributed by atoms with van der Waals surface area (Å²) >= 11 is 1.19. The van der Waals surface area contributed by atoms with Crippen LogP contribution >= 0.6 is 11.3 Å². The fourth-order valence-electron chi connectivity index (χ4n) is 2.23. The normalized spacial score (nSPS) is 11.9. The van der Waals surface area contributed by atoms with E-state index in [-0.39, 0.29) is 11.9 Å². The lowest BCUT2D eigenvalue weighted by atomic mass is 10.2. The largest absolute Gasteiger partial charge is 0.351 e. The van der Waals surface area contributed by atoms with E-state index >= 15 is 0 Å². The Labute approximate surface area is 147 Å².